The first-order valence-corrected chi connectivity index (χ1v) is 9.74. The summed E-state index contributed by atoms with van der Waals surface area (Å²) in [5.74, 6) is -0.175. The van der Waals surface area contributed by atoms with Crippen molar-refractivity contribution in [1.82, 2.24) is 9.88 Å². The lowest BCUT2D eigenvalue weighted by molar-refractivity contribution is 0.0765. The van der Waals surface area contributed by atoms with E-state index in [0.717, 1.165) is 10.6 Å². The molecule has 2 aromatic rings. The molecule has 1 aliphatic rings. The lowest BCUT2D eigenvalue weighted by Gasteiger charge is -2.25. The number of rotatable bonds is 2. The number of carbonyl (C=O) groups is 1. The summed E-state index contributed by atoms with van der Waals surface area (Å²) in [6.45, 7) is 0.462. The minimum absolute atomic E-state index is 0.0208. The molecule has 5 nitrogen and oxygen atoms in total. The van der Waals surface area contributed by atoms with Crippen molar-refractivity contribution in [1.29, 1.82) is 0 Å². The van der Waals surface area contributed by atoms with Crippen LogP contribution in [0.15, 0.2) is 29.6 Å². The van der Waals surface area contributed by atoms with Gasteiger partial charge in [-0.2, -0.15) is 0 Å². The van der Waals surface area contributed by atoms with Gasteiger partial charge in [-0.15, -0.1) is 11.3 Å². The number of nitrogens with zero attached hydrogens (tertiary/aromatic N) is 2. The number of hydrogen-bond donors (Lipinski definition) is 0. The topological polar surface area (TPSA) is 67.3 Å². The summed E-state index contributed by atoms with van der Waals surface area (Å²) < 4.78 is 22.8. The number of halogens is 1. The zero-order chi connectivity index (χ0) is 15.7. The van der Waals surface area contributed by atoms with Gasteiger partial charge in [0.1, 0.15) is 10.7 Å². The highest BCUT2D eigenvalue weighted by atomic mass is 35.5. The van der Waals surface area contributed by atoms with E-state index in [1.165, 1.54) is 11.3 Å². The number of aromatic nitrogens is 1. The van der Waals surface area contributed by atoms with E-state index >= 15 is 0 Å². The lowest BCUT2D eigenvalue weighted by atomic mass is 10.2. The minimum Gasteiger partial charge on any atom is -0.335 e. The van der Waals surface area contributed by atoms with Crippen LogP contribution in [-0.2, 0) is 9.84 Å². The monoisotopic (exact) mass is 356 g/mol. The van der Waals surface area contributed by atoms with Crippen molar-refractivity contribution in [3.8, 4) is 10.6 Å². The highest BCUT2D eigenvalue weighted by molar-refractivity contribution is 7.91. The van der Waals surface area contributed by atoms with Gasteiger partial charge in [0.25, 0.3) is 5.91 Å². The Morgan fingerprint density at radius 1 is 1.18 bits per heavy atom. The average Bonchev–Trinajstić information content (AvgIpc) is 2.97. The molecule has 1 aromatic heterocycles. The number of sulfone groups is 1. The number of thiazole rings is 1. The molecule has 0 atom stereocenters. The molecule has 0 spiro atoms. The Labute approximate surface area is 137 Å². The molecule has 1 aromatic carbocycles. The Morgan fingerprint density at radius 2 is 1.82 bits per heavy atom. The molecule has 0 saturated carbocycles. The van der Waals surface area contributed by atoms with E-state index in [1.807, 2.05) is 12.1 Å². The predicted octanol–water partition coefficient (Wildman–Crippen LogP) is 2.33. The van der Waals surface area contributed by atoms with Crippen LogP contribution in [0.4, 0.5) is 0 Å². The van der Waals surface area contributed by atoms with Crippen LogP contribution in [0.1, 0.15) is 10.5 Å². The van der Waals surface area contributed by atoms with Gasteiger partial charge in [0, 0.05) is 29.1 Å². The molecule has 0 aliphatic carbocycles. The van der Waals surface area contributed by atoms with Gasteiger partial charge in [-0.05, 0) is 12.1 Å². The smallest absolute Gasteiger partial charge is 0.273 e. The molecule has 1 amide bonds. The van der Waals surface area contributed by atoms with Gasteiger partial charge in [-0.25, -0.2) is 13.4 Å². The van der Waals surface area contributed by atoms with Crippen molar-refractivity contribution < 1.29 is 13.2 Å². The van der Waals surface area contributed by atoms with Crippen LogP contribution in [0.3, 0.4) is 0 Å². The Balaban J connectivity index is 1.76. The van der Waals surface area contributed by atoms with Gasteiger partial charge in [0.2, 0.25) is 0 Å². The highest BCUT2D eigenvalue weighted by Gasteiger charge is 2.27. The Bertz CT molecular complexity index is 786. The van der Waals surface area contributed by atoms with Crippen molar-refractivity contribution in [2.24, 2.45) is 0 Å². The maximum Gasteiger partial charge on any atom is 0.273 e. The summed E-state index contributed by atoms with van der Waals surface area (Å²) in [5, 5.41) is 3.09. The van der Waals surface area contributed by atoms with E-state index in [4.69, 9.17) is 11.6 Å². The molecule has 1 fully saturated rings. The zero-order valence-corrected chi connectivity index (χ0v) is 13.9. The van der Waals surface area contributed by atoms with E-state index in [-0.39, 0.29) is 30.5 Å². The fraction of sp³-hybridized carbons (Fsp3) is 0.286. The molecule has 3 rings (SSSR count). The maximum atomic E-state index is 12.4. The second-order valence-corrected chi connectivity index (χ2v) is 8.59. The van der Waals surface area contributed by atoms with Crippen molar-refractivity contribution in [2.45, 2.75) is 0 Å². The first kappa shape index (κ1) is 15.5. The molecule has 116 valence electrons. The number of carbonyl (C=O) groups excluding carboxylic acids is 1. The Morgan fingerprint density at radius 3 is 2.45 bits per heavy atom. The fourth-order valence-corrected chi connectivity index (χ4v) is 4.30. The third-order valence-corrected chi connectivity index (χ3v) is 6.20. The van der Waals surface area contributed by atoms with E-state index in [1.54, 1.807) is 22.4 Å². The third kappa shape index (κ3) is 3.31. The predicted molar refractivity (Wildman–Crippen MR) is 87.1 cm³/mol. The number of amides is 1. The van der Waals surface area contributed by atoms with Crippen molar-refractivity contribution in [3.05, 3.63) is 40.4 Å². The van der Waals surface area contributed by atoms with Crippen molar-refractivity contribution in [2.75, 3.05) is 24.6 Å². The van der Waals surface area contributed by atoms with Crippen LogP contribution in [0.2, 0.25) is 5.02 Å². The molecule has 8 heteroatoms. The van der Waals surface area contributed by atoms with Crippen LogP contribution < -0.4 is 0 Å². The molecule has 1 saturated heterocycles. The third-order valence-electron chi connectivity index (χ3n) is 3.45. The summed E-state index contributed by atoms with van der Waals surface area (Å²) in [6, 6.07) is 7.25. The van der Waals surface area contributed by atoms with Gasteiger partial charge in [0.05, 0.1) is 11.5 Å². The number of hydrogen-bond acceptors (Lipinski definition) is 5. The summed E-state index contributed by atoms with van der Waals surface area (Å²) >= 11 is 7.23. The van der Waals surface area contributed by atoms with Gasteiger partial charge in [-0.1, -0.05) is 23.7 Å². The van der Waals surface area contributed by atoms with Gasteiger partial charge in [0.15, 0.2) is 9.84 Å². The first-order chi connectivity index (χ1) is 10.4. The van der Waals surface area contributed by atoms with Crippen LogP contribution in [0.5, 0.6) is 0 Å². The number of benzene rings is 1. The standard InChI is InChI=1S/C14H13ClN2O3S2/c15-11-3-1-10(2-4-11)13-16-12(9-21-13)14(18)17-5-7-22(19,20)8-6-17/h1-4,9H,5-8H2. The van der Waals surface area contributed by atoms with Crippen LogP contribution in [0, 0.1) is 0 Å². The van der Waals surface area contributed by atoms with E-state index in [2.05, 4.69) is 4.98 Å². The van der Waals surface area contributed by atoms with Crippen LogP contribution >= 0.6 is 22.9 Å². The minimum atomic E-state index is -3.00. The fourth-order valence-electron chi connectivity index (χ4n) is 2.17. The van der Waals surface area contributed by atoms with E-state index in [0.29, 0.717) is 10.7 Å². The van der Waals surface area contributed by atoms with Crippen LogP contribution in [-0.4, -0.2) is 48.8 Å². The summed E-state index contributed by atoms with van der Waals surface area (Å²) in [7, 11) is -3.00. The molecule has 1 aliphatic heterocycles. The van der Waals surface area contributed by atoms with Gasteiger partial charge in [-0.3, -0.25) is 4.79 Å². The quantitative estimate of drug-likeness (QED) is 0.828. The largest absolute Gasteiger partial charge is 0.335 e. The first-order valence-electron chi connectivity index (χ1n) is 6.66. The second kappa shape index (κ2) is 5.98. The van der Waals surface area contributed by atoms with Crippen molar-refractivity contribution in [3.63, 3.8) is 0 Å². The molecule has 2 heterocycles. The maximum absolute atomic E-state index is 12.4. The molecular weight excluding hydrogens is 344 g/mol. The zero-order valence-electron chi connectivity index (χ0n) is 11.5. The molecule has 22 heavy (non-hydrogen) atoms. The molecule has 0 bridgehead atoms. The van der Waals surface area contributed by atoms with E-state index in [9.17, 15) is 13.2 Å². The average molecular weight is 357 g/mol. The van der Waals surface area contributed by atoms with Gasteiger partial charge < -0.3 is 4.90 Å². The summed E-state index contributed by atoms with van der Waals surface area (Å²) in [5.41, 5.74) is 1.25. The molecule has 0 radical (unpaired) electrons. The SMILES string of the molecule is O=C(c1csc(-c2ccc(Cl)cc2)n1)N1CCS(=O)(=O)CC1. The second-order valence-electron chi connectivity index (χ2n) is 4.99. The van der Waals surface area contributed by atoms with Gasteiger partial charge >= 0.3 is 0 Å². The Kier molecular flexibility index (Phi) is 4.20. The van der Waals surface area contributed by atoms with Crippen molar-refractivity contribution >= 4 is 38.7 Å². The van der Waals surface area contributed by atoms with Crippen LogP contribution in [0.25, 0.3) is 10.6 Å². The molecular formula is C14H13ClN2O3S2. The Hall–Kier alpha value is -1.44. The lowest BCUT2D eigenvalue weighted by Crippen LogP contribution is -2.43. The van der Waals surface area contributed by atoms with E-state index < -0.39 is 9.84 Å². The summed E-state index contributed by atoms with van der Waals surface area (Å²) in [4.78, 5) is 18.3. The molecule has 0 N–H and O–H groups in total. The highest BCUT2D eigenvalue weighted by Crippen LogP contribution is 2.25. The molecule has 0 unspecified atom stereocenters. The normalized spacial score (nSPS) is 17.4. The summed E-state index contributed by atoms with van der Waals surface area (Å²) in [6.07, 6.45) is 0.